The summed E-state index contributed by atoms with van der Waals surface area (Å²) in [5.74, 6) is -0.459. The molecule has 3 atom stereocenters. The van der Waals surface area contributed by atoms with E-state index < -0.39 is 25.3 Å². The Hall–Kier alpha value is -0.155. The lowest BCUT2D eigenvalue weighted by molar-refractivity contribution is 0.140. The molecule has 0 aromatic rings. The molecule has 76 valence electrons. The molecule has 1 aliphatic rings. The van der Waals surface area contributed by atoms with Crippen molar-refractivity contribution in [3.8, 4) is 0 Å². The predicted molar refractivity (Wildman–Crippen MR) is 47.2 cm³/mol. The van der Waals surface area contributed by atoms with Gasteiger partial charge in [-0.15, -0.1) is 0 Å². The van der Waals surface area contributed by atoms with Crippen molar-refractivity contribution >= 4 is 7.12 Å². The maximum atomic E-state index is 13.3. The quantitative estimate of drug-likeness (QED) is 0.636. The first kappa shape index (κ1) is 10.9. The van der Waals surface area contributed by atoms with Gasteiger partial charge in [-0.3, -0.25) is 0 Å². The summed E-state index contributed by atoms with van der Waals surface area (Å²) in [7, 11) is 2.28. The Morgan fingerprint density at radius 1 is 1.15 bits per heavy atom. The number of hydrogen-bond donors (Lipinski definition) is 0. The minimum absolute atomic E-state index is 0.202. The average Bonchev–Trinajstić information content (AvgIpc) is 2.13. The van der Waals surface area contributed by atoms with Gasteiger partial charge in [-0.1, -0.05) is 0 Å². The summed E-state index contributed by atoms with van der Waals surface area (Å²) in [6, 6.07) is 0. The SMILES string of the molecule is COB(OC)C1CC(F)CCC1F. The zero-order valence-corrected chi connectivity index (χ0v) is 8.00. The maximum absolute atomic E-state index is 13.3. The fraction of sp³-hybridized carbons (Fsp3) is 1.00. The highest BCUT2D eigenvalue weighted by Crippen LogP contribution is 2.35. The molecule has 0 N–H and O–H groups in total. The molecule has 0 amide bonds. The van der Waals surface area contributed by atoms with Gasteiger partial charge >= 0.3 is 7.12 Å². The van der Waals surface area contributed by atoms with Crippen LogP contribution >= 0.6 is 0 Å². The predicted octanol–water partition coefficient (Wildman–Crippen LogP) is 2.00. The number of alkyl halides is 2. The first-order valence-corrected chi connectivity index (χ1v) is 4.52. The smallest absolute Gasteiger partial charge is 0.414 e. The van der Waals surface area contributed by atoms with Crippen molar-refractivity contribution in [1.29, 1.82) is 0 Å². The highest BCUT2D eigenvalue weighted by atomic mass is 19.1. The van der Waals surface area contributed by atoms with Gasteiger partial charge in [0.2, 0.25) is 0 Å². The summed E-state index contributed by atoms with van der Waals surface area (Å²) < 4.78 is 36.1. The minimum atomic E-state index is -1.00. The van der Waals surface area contributed by atoms with Crippen LogP contribution in [0, 0.1) is 0 Å². The van der Waals surface area contributed by atoms with Gasteiger partial charge in [0.15, 0.2) is 0 Å². The van der Waals surface area contributed by atoms with Crippen LogP contribution in [0.25, 0.3) is 0 Å². The van der Waals surface area contributed by atoms with E-state index in [1.165, 1.54) is 14.2 Å². The molecule has 1 aliphatic carbocycles. The molecule has 0 radical (unpaired) electrons. The molecule has 2 nitrogen and oxygen atoms in total. The average molecular weight is 192 g/mol. The summed E-state index contributed by atoms with van der Waals surface area (Å²) >= 11 is 0. The summed E-state index contributed by atoms with van der Waals surface area (Å²) in [5.41, 5.74) is 0. The Morgan fingerprint density at radius 2 is 1.77 bits per heavy atom. The van der Waals surface area contributed by atoms with Crippen LogP contribution in [0.15, 0.2) is 0 Å². The van der Waals surface area contributed by atoms with Crippen molar-refractivity contribution in [2.24, 2.45) is 0 Å². The summed E-state index contributed by atoms with van der Waals surface area (Å²) in [5, 5.41) is 0. The molecule has 0 aromatic heterocycles. The van der Waals surface area contributed by atoms with Crippen LogP contribution < -0.4 is 0 Å². The minimum Gasteiger partial charge on any atom is -0.414 e. The van der Waals surface area contributed by atoms with Crippen LogP contribution in [-0.4, -0.2) is 33.7 Å². The second-order valence-corrected chi connectivity index (χ2v) is 3.43. The summed E-state index contributed by atoms with van der Waals surface area (Å²) in [6.45, 7) is 0. The summed E-state index contributed by atoms with van der Waals surface area (Å²) in [6.07, 6.45) is -1.12. The van der Waals surface area contributed by atoms with Crippen molar-refractivity contribution in [3.05, 3.63) is 0 Å². The molecule has 0 aliphatic heterocycles. The zero-order chi connectivity index (χ0) is 9.84. The molecule has 0 bridgehead atoms. The number of rotatable bonds is 3. The molecule has 1 fully saturated rings. The van der Waals surface area contributed by atoms with Crippen molar-refractivity contribution < 1.29 is 18.1 Å². The van der Waals surface area contributed by atoms with Crippen LogP contribution in [0.4, 0.5) is 8.78 Å². The molecule has 5 heteroatoms. The third kappa shape index (κ3) is 2.64. The van der Waals surface area contributed by atoms with Gasteiger partial charge in [0, 0.05) is 20.0 Å². The Labute approximate surface area is 77.7 Å². The molecule has 1 saturated carbocycles. The molecule has 0 aromatic carbocycles. The van der Waals surface area contributed by atoms with Crippen molar-refractivity contribution in [2.45, 2.75) is 37.4 Å². The van der Waals surface area contributed by atoms with Gasteiger partial charge < -0.3 is 9.31 Å². The first-order valence-electron chi connectivity index (χ1n) is 4.52. The van der Waals surface area contributed by atoms with E-state index in [0.717, 1.165) is 0 Å². The van der Waals surface area contributed by atoms with Crippen LogP contribution in [-0.2, 0) is 9.31 Å². The zero-order valence-electron chi connectivity index (χ0n) is 8.00. The standard InChI is InChI=1S/C8H15BF2O2/c1-12-9(13-2)7-5-6(10)3-4-8(7)11/h6-8H,3-5H2,1-2H3. The maximum Gasteiger partial charge on any atom is 0.462 e. The van der Waals surface area contributed by atoms with E-state index in [9.17, 15) is 8.78 Å². The van der Waals surface area contributed by atoms with Gasteiger partial charge in [0.25, 0.3) is 0 Å². The van der Waals surface area contributed by atoms with Crippen LogP contribution in [0.2, 0.25) is 5.82 Å². The van der Waals surface area contributed by atoms with E-state index in [4.69, 9.17) is 9.31 Å². The fourth-order valence-corrected chi connectivity index (χ4v) is 1.84. The third-order valence-corrected chi connectivity index (χ3v) is 2.56. The topological polar surface area (TPSA) is 18.5 Å². The lowest BCUT2D eigenvalue weighted by Crippen LogP contribution is -2.37. The van der Waals surface area contributed by atoms with E-state index in [0.29, 0.717) is 6.42 Å². The number of halogens is 2. The Kier molecular flexibility index (Phi) is 4.13. The Morgan fingerprint density at radius 3 is 2.31 bits per heavy atom. The van der Waals surface area contributed by atoms with Crippen LogP contribution in [0.3, 0.4) is 0 Å². The highest BCUT2D eigenvalue weighted by Gasteiger charge is 2.40. The van der Waals surface area contributed by atoms with E-state index >= 15 is 0 Å². The molecular weight excluding hydrogens is 177 g/mol. The fourth-order valence-electron chi connectivity index (χ4n) is 1.84. The van der Waals surface area contributed by atoms with E-state index in [1.807, 2.05) is 0 Å². The lowest BCUT2D eigenvalue weighted by atomic mass is 9.63. The molecule has 13 heavy (non-hydrogen) atoms. The summed E-state index contributed by atoms with van der Waals surface area (Å²) in [4.78, 5) is 0. The van der Waals surface area contributed by atoms with E-state index in [-0.39, 0.29) is 12.8 Å². The van der Waals surface area contributed by atoms with Gasteiger partial charge in [-0.2, -0.15) is 0 Å². The van der Waals surface area contributed by atoms with Gasteiger partial charge in [-0.05, 0) is 19.3 Å². The molecule has 1 rings (SSSR count). The van der Waals surface area contributed by atoms with Crippen molar-refractivity contribution in [1.82, 2.24) is 0 Å². The van der Waals surface area contributed by atoms with Gasteiger partial charge in [0.05, 0.1) is 0 Å². The molecule has 0 spiro atoms. The van der Waals surface area contributed by atoms with Crippen molar-refractivity contribution in [3.63, 3.8) is 0 Å². The van der Waals surface area contributed by atoms with Crippen LogP contribution in [0.1, 0.15) is 19.3 Å². The van der Waals surface area contributed by atoms with Gasteiger partial charge in [-0.25, -0.2) is 8.78 Å². The molecule has 3 unspecified atom stereocenters. The lowest BCUT2D eigenvalue weighted by Gasteiger charge is -2.29. The second-order valence-electron chi connectivity index (χ2n) is 3.43. The third-order valence-electron chi connectivity index (χ3n) is 2.56. The van der Waals surface area contributed by atoms with Gasteiger partial charge in [0.1, 0.15) is 12.3 Å². The molecular formula is C8H15BF2O2. The Balaban J connectivity index is 2.53. The monoisotopic (exact) mass is 192 g/mol. The largest absolute Gasteiger partial charge is 0.462 e. The van der Waals surface area contributed by atoms with E-state index in [2.05, 4.69) is 0 Å². The van der Waals surface area contributed by atoms with Crippen LogP contribution in [0.5, 0.6) is 0 Å². The first-order chi connectivity index (χ1) is 6.19. The van der Waals surface area contributed by atoms with E-state index in [1.54, 1.807) is 0 Å². The molecule has 0 saturated heterocycles. The second kappa shape index (κ2) is 4.91. The normalized spacial score (nSPS) is 34.6. The highest BCUT2D eigenvalue weighted by molar-refractivity contribution is 6.46. The molecule has 0 heterocycles. The van der Waals surface area contributed by atoms with Crippen molar-refractivity contribution in [2.75, 3.05) is 14.2 Å². The number of hydrogen-bond acceptors (Lipinski definition) is 2. The Bertz CT molecular complexity index is 155.